The van der Waals surface area contributed by atoms with Crippen LogP contribution < -0.4 is 11.5 Å². The van der Waals surface area contributed by atoms with Crippen molar-refractivity contribution in [3.05, 3.63) is 0 Å². The summed E-state index contributed by atoms with van der Waals surface area (Å²) in [4.78, 5) is 13.3. The molecule has 0 aromatic rings. The SMILES string of the molecule is CCN1C[C@@H]2[C@H](C1)[C@@]2(N)C(N)=O. The summed E-state index contributed by atoms with van der Waals surface area (Å²) in [6.45, 7) is 5.05. The van der Waals surface area contributed by atoms with E-state index in [1.165, 1.54) is 0 Å². The minimum Gasteiger partial charge on any atom is -0.368 e. The summed E-state index contributed by atoms with van der Waals surface area (Å²) < 4.78 is 0. The van der Waals surface area contributed by atoms with Crippen molar-refractivity contribution >= 4 is 5.91 Å². The molecule has 1 saturated heterocycles. The molecule has 4 nitrogen and oxygen atoms in total. The fourth-order valence-corrected chi connectivity index (χ4v) is 2.37. The second kappa shape index (κ2) is 2.20. The molecule has 0 bridgehead atoms. The Bertz CT molecular complexity index is 216. The Morgan fingerprint density at radius 2 is 2.08 bits per heavy atom. The standard InChI is InChI=1S/C8H15N3O/c1-2-11-3-5-6(4-11)8(5,10)7(9)12/h5-6H,2-4,10H2,1H3,(H2,9,12)/t5-,6+,8-. The van der Waals surface area contributed by atoms with E-state index in [0.29, 0.717) is 11.8 Å². The molecule has 3 atom stereocenters. The summed E-state index contributed by atoms with van der Waals surface area (Å²) in [6, 6.07) is 0. The van der Waals surface area contributed by atoms with Crippen LogP contribution >= 0.6 is 0 Å². The van der Waals surface area contributed by atoms with Crippen LogP contribution in [0.3, 0.4) is 0 Å². The number of rotatable bonds is 2. The van der Waals surface area contributed by atoms with Gasteiger partial charge in [-0.05, 0) is 6.54 Å². The largest absolute Gasteiger partial charge is 0.368 e. The summed E-state index contributed by atoms with van der Waals surface area (Å²) in [6.07, 6.45) is 0. The molecule has 4 heteroatoms. The van der Waals surface area contributed by atoms with Crippen LogP contribution in [0.1, 0.15) is 6.92 Å². The molecular weight excluding hydrogens is 154 g/mol. The first-order valence-corrected chi connectivity index (χ1v) is 4.41. The number of hydrogen-bond acceptors (Lipinski definition) is 3. The van der Waals surface area contributed by atoms with Crippen LogP contribution in [-0.2, 0) is 4.79 Å². The van der Waals surface area contributed by atoms with Gasteiger partial charge in [-0.3, -0.25) is 4.79 Å². The third kappa shape index (κ3) is 0.765. The normalized spacial score (nSPS) is 45.8. The van der Waals surface area contributed by atoms with Crippen molar-refractivity contribution in [3.8, 4) is 0 Å². The summed E-state index contributed by atoms with van der Waals surface area (Å²) in [5, 5.41) is 0. The molecule has 68 valence electrons. The molecule has 12 heavy (non-hydrogen) atoms. The number of likely N-dealkylation sites (tertiary alicyclic amines) is 1. The van der Waals surface area contributed by atoms with E-state index in [1.54, 1.807) is 0 Å². The van der Waals surface area contributed by atoms with Gasteiger partial charge >= 0.3 is 0 Å². The van der Waals surface area contributed by atoms with Gasteiger partial charge in [0.1, 0.15) is 5.54 Å². The Morgan fingerprint density at radius 1 is 1.58 bits per heavy atom. The zero-order valence-electron chi connectivity index (χ0n) is 7.29. The monoisotopic (exact) mass is 169 g/mol. The highest BCUT2D eigenvalue weighted by molar-refractivity contribution is 5.89. The zero-order valence-corrected chi connectivity index (χ0v) is 7.29. The lowest BCUT2D eigenvalue weighted by molar-refractivity contribution is -0.121. The van der Waals surface area contributed by atoms with Gasteiger partial charge in [0.05, 0.1) is 0 Å². The molecule has 1 aliphatic carbocycles. The van der Waals surface area contributed by atoms with Gasteiger partial charge in [0, 0.05) is 24.9 Å². The van der Waals surface area contributed by atoms with Gasteiger partial charge in [0.25, 0.3) is 0 Å². The molecule has 0 radical (unpaired) electrons. The van der Waals surface area contributed by atoms with Gasteiger partial charge in [-0.25, -0.2) is 0 Å². The maximum absolute atomic E-state index is 11.0. The van der Waals surface area contributed by atoms with Crippen molar-refractivity contribution in [2.75, 3.05) is 19.6 Å². The van der Waals surface area contributed by atoms with Gasteiger partial charge in [-0.1, -0.05) is 6.92 Å². The van der Waals surface area contributed by atoms with Gasteiger partial charge in [0.2, 0.25) is 5.91 Å². The highest BCUT2D eigenvalue weighted by Crippen LogP contribution is 2.53. The predicted molar refractivity (Wildman–Crippen MR) is 45.2 cm³/mol. The third-order valence-electron chi connectivity index (χ3n) is 3.39. The highest BCUT2D eigenvalue weighted by Gasteiger charge is 2.69. The molecule has 2 aliphatic rings. The van der Waals surface area contributed by atoms with Crippen LogP contribution in [0.25, 0.3) is 0 Å². The quantitative estimate of drug-likeness (QED) is 0.542. The second-order valence-corrected chi connectivity index (χ2v) is 3.86. The van der Waals surface area contributed by atoms with E-state index < -0.39 is 5.54 Å². The Balaban J connectivity index is 2.03. The minimum absolute atomic E-state index is 0.326. The van der Waals surface area contributed by atoms with E-state index in [9.17, 15) is 4.79 Å². The Labute approximate surface area is 71.9 Å². The van der Waals surface area contributed by atoms with Crippen molar-refractivity contribution in [2.24, 2.45) is 23.3 Å². The number of nitrogens with zero attached hydrogens (tertiary/aromatic N) is 1. The number of carbonyl (C=O) groups is 1. The smallest absolute Gasteiger partial charge is 0.238 e. The topological polar surface area (TPSA) is 72.3 Å². The lowest BCUT2D eigenvalue weighted by Crippen LogP contribution is -2.47. The third-order valence-corrected chi connectivity index (χ3v) is 3.39. The van der Waals surface area contributed by atoms with Crippen molar-refractivity contribution in [2.45, 2.75) is 12.5 Å². The van der Waals surface area contributed by atoms with Crippen molar-refractivity contribution in [3.63, 3.8) is 0 Å². The highest BCUT2D eigenvalue weighted by atomic mass is 16.1. The zero-order chi connectivity index (χ0) is 8.93. The summed E-state index contributed by atoms with van der Waals surface area (Å²) in [7, 11) is 0. The number of primary amides is 1. The first-order chi connectivity index (χ1) is 5.60. The van der Waals surface area contributed by atoms with Crippen LogP contribution in [0.5, 0.6) is 0 Å². The van der Waals surface area contributed by atoms with Crippen molar-refractivity contribution in [1.29, 1.82) is 0 Å². The first kappa shape index (κ1) is 8.01. The van der Waals surface area contributed by atoms with Gasteiger partial charge in [0.15, 0.2) is 0 Å². The molecule has 0 aromatic carbocycles. The van der Waals surface area contributed by atoms with Crippen LogP contribution in [0.2, 0.25) is 0 Å². The lowest BCUT2D eigenvalue weighted by atomic mass is 10.1. The van der Waals surface area contributed by atoms with E-state index in [1.807, 2.05) is 0 Å². The summed E-state index contributed by atoms with van der Waals surface area (Å²) in [5.41, 5.74) is 10.4. The molecule has 2 fully saturated rings. The average molecular weight is 169 g/mol. The maximum atomic E-state index is 11.0. The fourth-order valence-electron chi connectivity index (χ4n) is 2.37. The van der Waals surface area contributed by atoms with Crippen LogP contribution in [0, 0.1) is 11.8 Å². The Kier molecular flexibility index (Phi) is 1.47. The predicted octanol–water partition coefficient (Wildman–Crippen LogP) is -1.25. The second-order valence-electron chi connectivity index (χ2n) is 3.86. The molecule has 1 aliphatic heterocycles. The molecule has 0 unspecified atom stereocenters. The number of amides is 1. The van der Waals surface area contributed by atoms with Gasteiger partial charge in [-0.15, -0.1) is 0 Å². The number of carbonyl (C=O) groups excluding carboxylic acids is 1. The molecule has 0 aromatic heterocycles. The number of piperidine rings is 1. The van der Waals surface area contributed by atoms with Crippen LogP contribution in [-0.4, -0.2) is 36.0 Å². The Morgan fingerprint density at radius 3 is 2.42 bits per heavy atom. The summed E-state index contributed by atoms with van der Waals surface area (Å²) >= 11 is 0. The van der Waals surface area contributed by atoms with Gasteiger partial charge in [-0.2, -0.15) is 0 Å². The molecule has 1 saturated carbocycles. The van der Waals surface area contributed by atoms with Crippen LogP contribution in [0.15, 0.2) is 0 Å². The molecule has 1 heterocycles. The Hall–Kier alpha value is -0.610. The summed E-state index contributed by atoms with van der Waals surface area (Å²) in [5.74, 6) is 0.332. The van der Waals surface area contributed by atoms with Crippen molar-refractivity contribution in [1.82, 2.24) is 4.90 Å². The molecule has 4 N–H and O–H groups in total. The fraction of sp³-hybridized carbons (Fsp3) is 0.875. The lowest BCUT2D eigenvalue weighted by Gasteiger charge is -2.20. The molecule has 0 spiro atoms. The number of nitrogens with two attached hydrogens (primary N) is 2. The van der Waals surface area contributed by atoms with E-state index in [-0.39, 0.29) is 5.91 Å². The minimum atomic E-state index is -0.661. The average Bonchev–Trinajstić information content (AvgIpc) is 2.51. The van der Waals surface area contributed by atoms with Crippen LogP contribution in [0.4, 0.5) is 0 Å². The van der Waals surface area contributed by atoms with E-state index in [2.05, 4.69) is 11.8 Å². The van der Waals surface area contributed by atoms with Crippen molar-refractivity contribution < 1.29 is 4.79 Å². The first-order valence-electron chi connectivity index (χ1n) is 4.41. The van der Waals surface area contributed by atoms with E-state index >= 15 is 0 Å². The molecular formula is C8H15N3O. The molecule has 1 amide bonds. The number of hydrogen-bond donors (Lipinski definition) is 2. The van der Waals surface area contributed by atoms with Gasteiger partial charge < -0.3 is 16.4 Å². The maximum Gasteiger partial charge on any atom is 0.238 e. The number of fused-ring (bicyclic) bond motifs is 1. The van der Waals surface area contributed by atoms with E-state index in [4.69, 9.17) is 11.5 Å². The van der Waals surface area contributed by atoms with E-state index in [0.717, 1.165) is 19.6 Å². The molecule has 2 rings (SSSR count).